The van der Waals surface area contributed by atoms with Gasteiger partial charge in [-0.15, -0.1) is 0 Å². The van der Waals surface area contributed by atoms with Gasteiger partial charge in [0.15, 0.2) is 0 Å². The third kappa shape index (κ3) is 2.97. The third-order valence-corrected chi connectivity index (χ3v) is 5.20. The molecule has 1 fully saturated rings. The average Bonchev–Trinajstić information content (AvgIpc) is 2.47. The number of rotatable bonds is 4. The highest BCUT2D eigenvalue weighted by atomic mass is 32.2. The Kier molecular flexibility index (Phi) is 4.36. The van der Waals surface area contributed by atoms with Gasteiger partial charge in [-0.2, -0.15) is 4.31 Å². The standard InChI is InChI=1S/C12H16N3O4S/c1-2-13-6-8-14(9-7-13)20(18,19)12-5-3-4-11(10-12)15(16)17/h3-4,10H,2,6-9H2,1H3. The average molecular weight is 298 g/mol. The molecule has 0 unspecified atom stereocenters. The van der Waals surface area contributed by atoms with Gasteiger partial charge in [0.05, 0.1) is 9.82 Å². The van der Waals surface area contributed by atoms with Crippen LogP contribution in [0.4, 0.5) is 5.69 Å². The normalized spacial score (nSPS) is 18.1. The molecule has 1 saturated heterocycles. The second-order valence-corrected chi connectivity index (χ2v) is 6.41. The van der Waals surface area contributed by atoms with E-state index in [9.17, 15) is 18.5 Å². The molecule has 1 radical (unpaired) electrons. The van der Waals surface area contributed by atoms with Gasteiger partial charge < -0.3 is 4.90 Å². The van der Waals surface area contributed by atoms with E-state index in [0.29, 0.717) is 26.2 Å². The molecule has 0 aliphatic carbocycles. The Balaban J connectivity index is 2.23. The van der Waals surface area contributed by atoms with Crippen LogP contribution in [0.25, 0.3) is 0 Å². The topological polar surface area (TPSA) is 83.8 Å². The second-order valence-electron chi connectivity index (χ2n) is 4.51. The van der Waals surface area contributed by atoms with Crippen LogP contribution in [-0.2, 0) is 10.0 Å². The Morgan fingerprint density at radius 3 is 2.55 bits per heavy atom. The van der Waals surface area contributed by atoms with Gasteiger partial charge in [0.2, 0.25) is 10.0 Å². The fraction of sp³-hybridized carbons (Fsp3) is 0.500. The summed E-state index contributed by atoms with van der Waals surface area (Å²) in [4.78, 5) is 12.1. The first-order valence-electron chi connectivity index (χ1n) is 6.34. The van der Waals surface area contributed by atoms with Crippen molar-refractivity contribution in [2.45, 2.75) is 11.8 Å². The van der Waals surface area contributed by atoms with Crippen molar-refractivity contribution in [2.24, 2.45) is 0 Å². The Bertz CT molecular complexity index is 594. The quantitative estimate of drug-likeness (QED) is 0.604. The second kappa shape index (κ2) is 5.86. The van der Waals surface area contributed by atoms with Gasteiger partial charge in [-0.25, -0.2) is 8.42 Å². The summed E-state index contributed by atoms with van der Waals surface area (Å²) >= 11 is 0. The summed E-state index contributed by atoms with van der Waals surface area (Å²) in [6.45, 7) is 5.05. The van der Waals surface area contributed by atoms with Gasteiger partial charge in [0.25, 0.3) is 5.69 Å². The third-order valence-electron chi connectivity index (χ3n) is 3.37. The molecule has 0 saturated carbocycles. The van der Waals surface area contributed by atoms with E-state index in [1.165, 1.54) is 16.4 Å². The highest BCUT2D eigenvalue weighted by Gasteiger charge is 2.29. The van der Waals surface area contributed by atoms with Crippen molar-refractivity contribution >= 4 is 15.7 Å². The van der Waals surface area contributed by atoms with Crippen molar-refractivity contribution in [3.8, 4) is 0 Å². The number of nitro groups is 1. The molecule has 8 heteroatoms. The lowest BCUT2D eigenvalue weighted by molar-refractivity contribution is -0.385. The van der Waals surface area contributed by atoms with Crippen molar-refractivity contribution in [2.75, 3.05) is 32.7 Å². The zero-order valence-corrected chi connectivity index (χ0v) is 12.0. The van der Waals surface area contributed by atoms with E-state index in [4.69, 9.17) is 0 Å². The minimum atomic E-state index is -3.70. The number of nitro benzene ring substituents is 1. The van der Waals surface area contributed by atoms with E-state index < -0.39 is 14.9 Å². The zero-order chi connectivity index (χ0) is 14.8. The lowest BCUT2D eigenvalue weighted by atomic mass is 10.3. The maximum Gasteiger partial charge on any atom is 0.270 e. The predicted molar refractivity (Wildman–Crippen MR) is 72.8 cm³/mol. The first-order chi connectivity index (χ1) is 9.45. The Hall–Kier alpha value is -1.51. The van der Waals surface area contributed by atoms with Gasteiger partial charge in [-0.3, -0.25) is 10.1 Å². The summed E-state index contributed by atoms with van der Waals surface area (Å²) in [6, 6.07) is 6.14. The molecule has 2 rings (SSSR count). The van der Waals surface area contributed by atoms with E-state index in [1.807, 2.05) is 6.92 Å². The van der Waals surface area contributed by atoms with Crippen LogP contribution in [0, 0.1) is 16.2 Å². The molecule has 1 aromatic carbocycles. The molecule has 0 amide bonds. The molecular formula is C12H16N3O4S. The molecule has 0 bridgehead atoms. The highest BCUT2D eigenvalue weighted by Crippen LogP contribution is 2.21. The number of sulfonamides is 1. The molecule has 20 heavy (non-hydrogen) atoms. The van der Waals surface area contributed by atoms with Crippen LogP contribution in [-0.4, -0.2) is 55.3 Å². The molecule has 0 spiro atoms. The summed E-state index contributed by atoms with van der Waals surface area (Å²) in [5, 5.41) is 10.7. The highest BCUT2D eigenvalue weighted by molar-refractivity contribution is 7.89. The van der Waals surface area contributed by atoms with E-state index >= 15 is 0 Å². The first-order valence-corrected chi connectivity index (χ1v) is 7.78. The number of likely N-dealkylation sites (N-methyl/N-ethyl adjacent to an activating group) is 1. The summed E-state index contributed by atoms with van der Waals surface area (Å²) in [5.41, 5.74) is -0.241. The Labute approximate surface area is 118 Å². The van der Waals surface area contributed by atoms with Crippen LogP contribution in [0.15, 0.2) is 23.1 Å². The SMILES string of the molecule is CCN1CCN(S(=O)(=O)c2[c]ccc([N+](=O)[O-])c2)CC1. The van der Waals surface area contributed by atoms with E-state index in [1.54, 1.807) is 0 Å². The summed E-state index contributed by atoms with van der Waals surface area (Å²) in [7, 11) is -3.70. The fourth-order valence-electron chi connectivity index (χ4n) is 2.12. The molecule has 0 aromatic heterocycles. The van der Waals surface area contributed by atoms with Crippen molar-refractivity contribution < 1.29 is 13.3 Å². The van der Waals surface area contributed by atoms with Crippen LogP contribution in [0.2, 0.25) is 0 Å². The minimum Gasteiger partial charge on any atom is -0.301 e. The number of benzene rings is 1. The maximum absolute atomic E-state index is 12.4. The van der Waals surface area contributed by atoms with Crippen LogP contribution in [0.1, 0.15) is 6.92 Å². The molecule has 1 aromatic rings. The van der Waals surface area contributed by atoms with Crippen molar-refractivity contribution in [3.63, 3.8) is 0 Å². The number of hydrogen-bond donors (Lipinski definition) is 0. The van der Waals surface area contributed by atoms with Crippen LogP contribution < -0.4 is 0 Å². The number of nitrogens with zero attached hydrogens (tertiary/aromatic N) is 3. The van der Waals surface area contributed by atoms with Gasteiger partial charge in [0, 0.05) is 44.4 Å². The largest absolute Gasteiger partial charge is 0.301 e. The van der Waals surface area contributed by atoms with Crippen LogP contribution in [0.3, 0.4) is 0 Å². The number of non-ortho nitro benzene ring substituents is 1. The summed E-state index contributed by atoms with van der Waals surface area (Å²) < 4.78 is 26.2. The van der Waals surface area contributed by atoms with Gasteiger partial charge in [-0.05, 0) is 12.6 Å². The molecular weight excluding hydrogens is 282 g/mol. The molecule has 0 atom stereocenters. The number of hydrogen-bond acceptors (Lipinski definition) is 5. The van der Waals surface area contributed by atoms with Gasteiger partial charge in [0.1, 0.15) is 0 Å². The van der Waals surface area contributed by atoms with E-state index in [0.717, 1.165) is 12.6 Å². The maximum atomic E-state index is 12.4. The van der Waals surface area contributed by atoms with Crippen LogP contribution >= 0.6 is 0 Å². The molecule has 109 valence electrons. The lowest BCUT2D eigenvalue weighted by Crippen LogP contribution is -2.48. The molecule has 1 aliphatic rings. The molecule has 0 N–H and O–H groups in total. The summed E-state index contributed by atoms with van der Waals surface area (Å²) in [5.74, 6) is 0. The van der Waals surface area contributed by atoms with Gasteiger partial charge >= 0.3 is 0 Å². The Morgan fingerprint density at radius 1 is 1.35 bits per heavy atom. The smallest absolute Gasteiger partial charge is 0.270 e. The molecule has 1 heterocycles. The zero-order valence-electron chi connectivity index (χ0n) is 11.2. The van der Waals surface area contributed by atoms with Gasteiger partial charge in [-0.1, -0.05) is 6.92 Å². The molecule has 1 aliphatic heterocycles. The van der Waals surface area contributed by atoms with Crippen LogP contribution in [0.5, 0.6) is 0 Å². The monoisotopic (exact) mass is 298 g/mol. The summed E-state index contributed by atoms with van der Waals surface area (Å²) in [6.07, 6.45) is 0. The van der Waals surface area contributed by atoms with Crippen molar-refractivity contribution in [1.29, 1.82) is 0 Å². The molecule has 7 nitrogen and oxygen atoms in total. The Morgan fingerprint density at radius 2 is 2.00 bits per heavy atom. The van der Waals surface area contributed by atoms with Crippen molar-refractivity contribution in [1.82, 2.24) is 9.21 Å². The van der Waals surface area contributed by atoms with E-state index in [2.05, 4.69) is 11.0 Å². The number of piperazine rings is 1. The minimum absolute atomic E-state index is 0.142. The lowest BCUT2D eigenvalue weighted by Gasteiger charge is -2.33. The predicted octanol–water partition coefficient (Wildman–Crippen LogP) is 0.721. The fourth-order valence-corrected chi connectivity index (χ4v) is 3.53. The first kappa shape index (κ1) is 14.9. The van der Waals surface area contributed by atoms with E-state index in [-0.39, 0.29) is 10.6 Å². The van der Waals surface area contributed by atoms with Crippen molar-refractivity contribution in [3.05, 3.63) is 34.4 Å².